The van der Waals surface area contributed by atoms with E-state index >= 15 is 0 Å². The molecule has 0 saturated heterocycles. The number of nitrogens with zero attached hydrogens (tertiary/aromatic N) is 3. The van der Waals surface area contributed by atoms with Gasteiger partial charge in [0.05, 0.1) is 26.3 Å². The van der Waals surface area contributed by atoms with E-state index in [0.29, 0.717) is 0 Å². The molecule has 2 unspecified atom stereocenters. The van der Waals surface area contributed by atoms with Crippen molar-refractivity contribution >= 4 is 132 Å². The number of hydrogen-bond donors (Lipinski definition) is 0. The summed E-state index contributed by atoms with van der Waals surface area (Å²) in [7, 11) is 0. The summed E-state index contributed by atoms with van der Waals surface area (Å²) >= 11 is 3.98. The number of fused-ring (bicyclic) bond motifs is 16. The summed E-state index contributed by atoms with van der Waals surface area (Å²) in [5.41, 5.74) is 26.4. The van der Waals surface area contributed by atoms with Gasteiger partial charge < -0.3 is 14.7 Å². The Hall–Kier alpha value is -6.34. The van der Waals surface area contributed by atoms with E-state index in [2.05, 4.69) is 260 Å². The Kier molecular flexibility index (Phi) is 11.5. The number of anilines is 8. The van der Waals surface area contributed by atoms with Crippen LogP contribution in [0.5, 0.6) is 0 Å². The smallest absolute Gasteiger partial charge is 0.252 e. The lowest BCUT2D eigenvalue weighted by atomic mass is 9.33. The molecule has 87 heavy (non-hydrogen) atoms. The Morgan fingerprint density at radius 1 is 0.414 bits per heavy atom. The van der Waals surface area contributed by atoms with Gasteiger partial charge >= 0.3 is 0 Å². The third-order valence-electron chi connectivity index (χ3n) is 23.8. The molecule has 16 rings (SSSR count). The third-order valence-corrected chi connectivity index (χ3v) is 26.2. The summed E-state index contributed by atoms with van der Waals surface area (Å²) in [6.07, 6.45) is 9.41. The summed E-state index contributed by atoms with van der Waals surface area (Å²) in [5, 5.41) is 5.40. The highest BCUT2D eigenvalue weighted by Crippen LogP contribution is 2.63. The lowest BCUT2D eigenvalue weighted by Gasteiger charge is -2.51. The van der Waals surface area contributed by atoms with E-state index in [4.69, 9.17) is 0 Å². The summed E-state index contributed by atoms with van der Waals surface area (Å²) in [5.74, 6) is 0. The SMILES string of the molecule is Cc1cc2c(cc1N1c3cc(N4c5ccc(C(C)(C)C)cc5C5(C)CCCCC45C)cc4c3B(c3cc5c(cc3N4c3cccc4c3sc3ccccc34)C(C)(C)CCC5(C)C)c3ccc4c(sc5ccc(C(C)(C)C)cc54)c31)C(C)(C)CCC2(C)C. The molecule has 6 aliphatic rings. The zero-order chi connectivity index (χ0) is 60.8. The van der Waals surface area contributed by atoms with E-state index in [9.17, 15) is 0 Å². The monoisotopic (exact) mass is 1180 g/mol. The zero-order valence-corrected chi connectivity index (χ0v) is 56.6. The Bertz CT molecular complexity index is 4640. The van der Waals surface area contributed by atoms with Crippen LogP contribution in [0.15, 0.2) is 127 Å². The molecule has 8 aromatic carbocycles. The second-order valence-corrected chi connectivity index (χ2v) is 35.1. The van der Waals surface area contributed by atoms with Crippen LogP contribution in [0.4, 0.5) is 45.5 Å². The highest BCUT2D eigenvalue weighted by atomic mass is 32.1. The van der Waals surface area contributed by atoms with Crippen molar-refractivity contribution in [2.24, 2.45) is 0 Å². The molecule has 0 amide bonds. The van der Waals surface area contributed by atoms with Gasteiger partial charge in [0, 0.05) is 70.5 Å². The van der Waals surface area contributed by atoms with Crippen molar-refractivity contribution in [1.29, 1.82) is 0 Å². The van der Waals surface area contributed by atoms with E-state index < -0.39 is 0 Å². The molecule has 3 aliphatic carbocycles. The molecule has 1 saturated carbocycles. The molecule has 2 aromatic heterocycles. The molecule has 2 atom stereocenters. The molecule has 3 aliphatic heterocycles. The number of hydrogen-bond acceptors (Lipinski definition) is 5. The molecule has 5 heterocycles. The van der Waals surface area contributed by atoms with Crippen LogP contribution in [0.3, 0.4) is 0 Å². The van der Waals surface area contributed by atoms with Gasteiger partial charge in [-0.25, -0.2) is 0 Å². The van der Waals surface area contributed by atoms with Gasteiger partial charge in [0.2, 0.25) is 0 Å². The minimum absolute atomic E-state index is 0.00357. The average Bonchev–Trinajstić information content (AvgIpc) is 1.65. The van der Waals surface area contributed by atoms with Gasteiger partial charge in [0.1, 0.15) is 0 Å². The summed E-state index contributed by atoms with van der Waals surface area (Å²) in [6, 6.07) is 52.7. The molecule has 1 fully saturated rings. The minimum Gasteiger partial charge on any atom is -0.334 e. The van der Waals surface area contributed by atoms with Crippen molar-refractivity contribution < 1.29 is 0 Å². The van der Waals surface area contributed by atoms with Crippen molar-refractivity contribution in [2.75, 3.05) is 14.7 Å². The summed E-state index contributed by atoms with van der Waals surface area (Å²) < 4.78 is 5.42. The van der Waals surface area contributed by atoms with E-state index in [-0.39, 0.29) is 50.2 Å². The first-order chi connectivity index (χ1) is 41.0. The van der Waals surface area contributed by atoms with Crippen molar-refractivity contribution in [3.63, 3.8) is 0 Å². The maximum atomic E-state index is 2.90. The minimum atomic E-state index is -0.180. The molecule has 442 valence electrons. The van der Waals surface area contributed by atoms with Crippen LogP contribution in [0.1, 0.15) is 207 Å². The normalized spacial score (nSPS) is 22.1. The van der Waals surface area contributed by atoms with Gasteiger partial charge in [-0.1, -0.05) is 189 Å². The van der Waals surface area contributed by atoms with Gasteiger partial charge in [-0.2, -0.15) is 0 Å². The number of benzene rings is 8. The quantitative estimate of drug-likeness (QED) is 0.163. The van der Waals surface area contributed by atoms with Crippen molar-refractivity contribution in [3.8, 4) is 0 Å². The first-order valence-corrected chi connectivity index (χ1v) is 34.6. The predicted molar refractivity (Wildman–Crippen MR) is 382 cm³/mol. The molecule has 6 heteroatoms. The lowest BCUT2D eigenvalue weighted by molar-refractivity contribution is 0.195. The van der Waals surface area contributed by atoms with Gasteiger partial charge in [-0.3, -0.25) is 0 Å². The molecule has 0 spiro atoms. The Labute approximate surface area is 527 Å². The van der Waals surface area contributed by atoms with Crippen molar-refractivity contribution in [3.05, 3.63) is 172 Å². The molecular formula is C81H88BN3S2. The summed E-state index contributed by atoms with van der Waals surface area (Å²) in [6.45, 7) is 42.1. The predicted octanol–water partition coefficient (Wildman–Crippen LogP) is 21.8. The van der Waals surface area contributed by atoms with E-state index in [1.54, 1.807) is 0 Å². The maximum absolute atomic E-state index is 2.90. The zero-order valence-electron chi connectivity index (χ0n) is 55.0. The van der Waals surface area contributed by atoms with Gasteiger partial charge in [0.15, 0.2) is 0 Å². The topological polar surface area (TPSA) is 9.72 Å². The molecule has 0 bridgehead atoms. The van der Waals surface area contributed by atoms with Gasteiger partial charge in [0.25, 0.3) is 6.71 Å². The standard InChI is InChI=1S/C81H88BN3S2/c1-47-39-55-57(78(12,13)37-35-76(55,8)9)45-64(47)84-67-43-50(85-62-31-27-49(75(5,6)7)41-59(62)80(16)33-20-21-34-81(80,85)17)42-66-70(67)82(60-30-29-53-54-40-48(74(2,3)4)28-32-69(54)87-73(53)71(60)84)61-44-56-58(79(14,15)38-36-77(56,10)11)46-65(61)83(66)63-25-22-24-52-51-23-18-19-26-68(51)86-72(52)63/h18-19,22-32,39-46H,20-21,33-38H2,1-17H3. The van der Waals surface area contributed by atoms with Crippen molar-refractivity contribution in [1.82, 2.24) is 0 Å². The van der Waals surface area contributed by atoms with Crippen LogP contribution in [-0.2, 0) is 37.9 Å². The van der Waals surface area contributed by atoms with Crippen molar-refractivity contribution in [2.45, 2.75) is 213 Å². The van der Waals surface area contributed by atoms with Gasteiger partial charge in [-0.15, -0.1) is 22.7 Å². The number of thiophene rings is 2. The van der Waals surface area contributed by atoms with Crippen LogP contribution in [-0.4, -0.2) is 12.3 Å². The average molecular weight is 1180 g/mol. The largest absolute Gasteiger partial charge is 0.334 e. The first-order valence-electron chi connectivity index (χ1n) is 33.0. The second kappa shape index (κ2) is 18.0. The molecule has 10 aromatic rings. The lowest BCUT2D eigenvalue weighted by Crippen LogP contribution is -2.62. The fourth-order valence-electron chi connectivity index (χ4n) is 17.9. The van der Waals surface area contributed by atoms with E-state index in [0.717, 1.165) is 25.7 Å². The van der Waals surface area contributed by atoms with Crippen LogP contribution < -0.4 is 31.1 Å². The summed E-state index contributed by atoms with van der Waals surface area (Å²) in [4.78, 5) is 8.58. The molecule has 3 nitrogen and oxygen atoms in total. The highest BCUT2D eigenvalue weighted by Gasteiger charge is 2.59. The number of rotatable bonds is 3. The fraction of sp³-hybridized carbons (Fsp3) is 0.407. The Morgan fingerprint density at radius 2 is 0.977 bits per heavy atom. The highest BCUT2D eigenvalue weighted by molar-refractivity contribution is 7.27. The van der Waals surface area contributed by atoms with Crippen LogP contribution >= 0.6 is 22.7 Å². The Balaban J connectivity index is 1.10. The Morgan fingerprint density at radius 3 is 1.67 bits per heavy atom. The van der Waals surface area contributed by atoms with Crippen LogP contribution in [0.2, 0.25) is 0 Å². The van der Waals surface area contributed by atoms with E-state index in [1.807, 2.05) is 22.7 Å². The van der Waals surface area contributed by atoms with Crippen LogP contribution in [0, 0.1) is 6.92 Å². The number of aryl methyl sites for hydroxylation is 1. The molecule has 0 radical (unpaired) electrons. The van der Waals surface area contributed by atoms with E-state index in [1.165, 1.54) is 172 Å². The molecular weight excluding hydrogens is 1090 g/mol. The second-order valence-electron chi connectivity index (χ2n) is 33.0. The van der Waals surface area contributed by atoms with Crippen LogP contribution in [0.25, 0.3) is 40.3 Å². The fourth-order valence-corrected chi connectivity index (χ4v) is 20.4. The maximum Gasteiger partial charge on any atom is 0.252 e. The van der Waals surface area contributed by atoms with Gasteiger partial charge in [-0.05, 0) is 200 Å². The molecule has 0 N–H and O–H groups in total. The third kappa shape index (κ3) is 7.71. The first kappa shape index (κ1) is 55.9.